The van der Waals surface area contributed by atoms with Crippen molar-refractivity contribution in [3.63, 3.8) is 0 Å². The summed E-state index contributed by atoms with van der Waals surface area (Å²) in [6, 6.07) is 3.61. The van der Waals surface area contributed by atoms with Crippen molar-refractivity contribution in [2.75, 3.05) is 12.0 Å². The number of benzene rings is 1. The Balaban J connectivity index is 3.05. The van der Waals surface area contributed by atoms with Crippen molar-refractivity contribution >= 4 is 17.3 Å². The maximum Gasteiger partial charge on any atom is 0.123 e. The highest BCUT2D eigenvalue weighted by molar-refractivity contribution is 6.33. The van der Waals surface area contributed by atoms with Gasteiger partial charge in [-0.1, -0.05) is 11.6 Å². The number of nitrogens with one attached hydrogen (secondary N) is 1. The summed E-state index contributed by atoms with van der Waals surface area (Å²) in [7, 11) is 0. The summed E-state index contributed by atoms with van der Waals surface area (Å²) in [6.45, 7) is 4.51. The van der Waals surface area contributed by atoms with Crippen LogP contribution in [0.5, 0.6) is 5.75 Å². The molecule has 1 aromatic carbocycles. The minimum absolute atomic E-state index is 0.566. The van der Waals surface area contributed by atoms with Crippen molar-refractivity contribution in [2.45, 2.75) is 13.8 Å². The van der Waals surface area contributed by atoms with Gasteiger partial charge in [-0.2, -0.15) is 0 Å². The largest absolute Gasteiger partial charge is 0.494 e. The van der Waals surface area contributed by atoms with Gasteiger partial charge in [0.15, 0.2) is 0 Å². The van der Waals surface area contributed by atoms with Crippen LogP contribution >= 0.6 is 11.6 Å². The van der Waals surface area contributed by atoms with Gasteiger partial charge in [0.2, 0.25) is 0 Å². The topological polar surface area (TPSA) is 47.3 Å². The summed E-state index contributed by atoms with van der Waals surface area (Å²) in [5, 5.41) is 0.566. The first kappa shape index (κ1) is 10.2. The van der Waals surface area contributed by atoms with Crippen LogP contribution in [0.15, 0.2) is 12.1 Å². The number of ether oxygens (including phenoxy) is 1. The summed E-state index contributed by atoms with van der Waals surface area (Å²) in [5.74, 6) is 6.07. The van der Waals surface area contributed by atoms with Crippen LogP contribution in [0.25, 0.3) is 0 Å². The Bertz CT molecular complexity index is 302. The van der Waals surface area contributed by atoms with Gasteiger partial charge in [-0.3, -0.25) is 5.84 Å². The van der Waals surface area contributed by atoms with Crippen molar-refractivity contribution < 1.29 is 4.74 Å². The number of hydrogen-bond donors (Lipinski definition) is 2. The minimum Gasteiger partial charge on any atom is -0.494 e. The molecule has 0 bridgehead atoms. The van der Waals surface area contributed by atoms with E-state index in [1.165, 1.54) is 0 Å². The van der Waals surface area contributed by atoms with E-state index < -0.39 is 0 Å². The van der Waals surface area contributed by atoms with Crippen LogP contribution < -0.4 is 16.0 Å². The molecule has 0 unspecified atom stereocenters. The van der Waals surface area contributed by atoms with Crippen molar-refractivity contribution in [3.8, 4) is 5.75 Å². The molecule has 0 aliphatic carbocycles. The lowest BCUT2D eigenvalue weighted by atomic mass is 10.2. The molecule has 0 spiro atoms. The predicted octanol–water partition coefficient (Wildman–Crippen LogP) is 2.33. The van der Waals surface area contributed by atoms with Gasteiger partial charge in [0, 0.05) is 6.07 Å². The summed E-state index contributed by atoms with van der Waals surface area (Å²) in [6.07, 6.45) is 0. The van der Waals surface area contributed by atoms with Gasteiger partial charge < -0.3 is 10.2 Å². The molecule has 0 fully saturated rings. The average molecular weight is 201 g/mol. The number of nitrogen functional groups attached to an aromatic ring is 1. The van der Waals surface area contributed by atoms with Crippen LogP contribution in [-0.2, 0) is 0 Å². The third-order valence-electron chi connectivity index (χ3n) is 1.72. The molecule has 0 radical (unpaired) electrons. The van der Waals surface area contributed by atoms with E-state index in [4.69, 9.17) is 22.2 Å². The van der Waals surface area contributed by atoms with Gasteiger partial charge in [0.25, 0.3) is 0 Å². The van der Waals surface area contributed by atoms with Crippen LogP contribution in [-0.4, -0.2) is 6.61 Å². The van der Waals surface area contributed by atoms with Crippen LogP contribution in [0, 0.1) is 6.92 Å². The van der Waals surface area contributed by atoms with Crippen molar-refractivity contribution in [1.29, 1.82) is 0 Å². The highest BCUT2D eigenvalue weighted by atomic mass is 35.5. The Hall–Kier alpha value is -0.930. The fourth-order valence-corrected chi connectivity index (χ4v) is 1.29. The zero-order valence-corrected chi connectivity index (χ0v) is 8.48. The fraction of sp³-hybridized carbons (Fsp3) is 0.333. The van der Waals surface area contributed by atoms with E-state index in [1.54, 1.807) is 6.07 Å². The molecule has 0 aliphatic heterocycles. The predicted molar refractivity (Wildman–Crippen MR) is 55.2 cm³/mol. The molecule has 0 heterocycles. The van der Waals surface area contributed by atoms with E-state index in [0.29, 0.717) is 17.3 Å². The zero-order chi connectivity index (χ0) is 9.84. The van der Waals surface area contributed by atoms with Gasteiger partial charge in [-0.15, -0.1) is 0 Å². The van der Waals surface area contributed by atoms with E-state index in [-0.39, 0.29) is 0 Å². The Morgan fingerprint density at radius 2 is 2.23 bits per heavy atom. The molecule has 0 aliphatic rings. The van der Waals surface area contributed by atoms with Crippen LogP contribution in [0.1, 0.15) is 12.5 Å². The smallest absolute Gasteiger partial charge is 0.123 e. The first-order valence-electron chi connectivity index (χ1n) is 4.08. The molecule has 0 saturated carbocycles. The van der Waals surface area contributed by atoms with E-state index in [0.717, 1.165) is 11.3 Å². The first-order chi connectivity index (χ1) is 6.19. The lowest BCUT2D eigenvalue weighted by Crippen LogP contribution is -2.07. The number of halogens is 1. The molecule has 13 heavy (non-hydrogen) atoms. The maximum absolute atomic E-state index is 5.91. The van der Waals surface area contributed by atoms with E-state index in [9.17, 15) is 0 Å². The fourth-order valence-electron chi connectivity index (χ4n) is 1.08. The lowest BCUT2D eigenvalue weighted by Gasteiger charge is -2.10. The van der Waals surface area contributed by atoms with Crippen molar-refractivity contribution in [1.82, 2.24) is 0 Å². The Morgan fingerprint density at radius 3 is 2.77 bits per heavy atom. The standard InChI is InChI=1S/C9H13ClN2O/c1-3-13-9-5-7(10)8(12-11)4-6(9)2/h4-5,12H,3,11H2,1-2H3. The Morgan fingerprint density at radius 1 is 1.54 bits per heavy atom. The molecule has 1 aromatic rings. The van der Waals surface area contributed by atoms with Gasteiger partial charge in [-0.05, 0) is 25.5 Å². The van der Waals surface area contributed by atoms with Gasteiger partial charge in [0.05, 0.1) is 17.3 Å². The summed E-state index contributed by atoms with van der Waals surface area (Å²) in [4.78, 5) is 0. The van der Waals surface area contributed by atoms with Crippen LogP contribution in [0.2, 0.25) is 5.02 Å². The number of rotatable bonds is 3. The SMILES string of the molecule is CCOc1cc(Cl)c(NN)cc1C. The highest BCUT2D eigenvalue weighted by Gasteiger charge is 2.04. The Labute approximate surface area is 82.8 Å². The Kier molecular flexibility index (Phi) is 3.39. The van der Waals surface area contributed by atoms with Crippen LogP contribution in [0.4, 0.5) is 5.69 Å². The number of hydrogen-bond acceptors (Lipinski definition) is 3. The molecule has 0 saturated heterocycles. The normalized spacial score (nSPS) is 9.85. The van der Waals surface area contributed by atoms with Gasteiger partial charge >= 0.3 is 0 Å². The third kappa shape index (κ3) is 2.26. The molecule has 1 rings (SSSR count). The van der Waals surface area contributed by atoms with Crippen LogP contribution in [0.3, 0.4) is 0 Å². The molecule has 72 valence electrons. The van der Waals surface area contributed by atoms with Gasteiger partial charge in [-0.25, -0.2) is 0 Å². The van der Waals surface area contributed by atoms with Gasteiger partial charge in [0.1, 0.15) is 5.75 Å². The quantitative estimate of drug-likeness (QED) is 0.582. The zero-order valence-electron chi connectivity index (χ0n) is 7.73. The number of hydrazine groups is 1. The second-order valence-electron chi connectivity index (χ2n) is 2.67. The average Bonchev–Trinajstić information content (AvgIpc) is 2.11. The molecule has 0 aromatic heterocycles. The molecular weight excluding hydrogens is 188 g/mol. The summed E-state index contributed by atoms with van der Waals surface area (Å²) >= 11 is 5.91. The molecule has 3 nitrogen and oxygen atoms in total. The molecule has 0 atom stereocenters. The van der Waals surface area contributed by atoms with Crippen molar-refractivity contribution in [2.24, 2.45) is 5.84 Å². The van der Waals surface area contributed by atoms with E-state index in [2.05, 4.69) is 5.43 Å². The molecule has 4 heteroatoms. The monoisotopic (exact) mass is 200 g/mol. The maximum atomic E-state index is 5.91. The second-order valence-corrected chi connectivity index (χ2v) is 3.08. The number of aryl methyl sites for hydroxylation is 1. The molecule has 0 amide bonds. The van der Waals surface area contributed by atoms with E-state index in [1.807, 2.05) is 19.9 Å². The van der Waals surface area contributed by atoms with Crippen molar-refractivity contribution in [3.05, 3.63) is 22.7 Å². The molecular formula is C9H13ClN2O. The van der Waals surface area contributed by atoms with E-state index >= 15 is 0 Å². The number of anilines is 1. The highest BCUT2D eigenvalue weighted by Crippen LogP contribution is 2.29. The second kappa shape index (κ2) is 4.35. The third-order valence-corrected chi connectivity index (χ3v) is 2.03. The minimum atomic E-state index is 0.566. The lowest BCUT2D eigenvalue weighted by molar-refractivity contribution is 0.338. The number of nitrogens with two attached hydrogens (primary N) is 1. The first-order valence-corrected chi connectivity index (χ1v) is 4.46. The molecule has 3 N–H and O–H groups in total. The summed E-state index contributed by atoms with van der Waals surface area (Å²) in [5.41, 5.74) is 4.24. The summed E-state index contributed by atoms with van der Waals surface area (Å²) < 4.78 is 5.36.